The average molecular weight is 365 g/mol. The van der Waals surface area contributed by atoms with E-state index in [4.69, 9.17) is 4.74 Å². The van der Waals surface area contributed by atoms with E-state index < -0.39 is 0 Å². The van der Waals surface area contributed by atoms with Gasteiger partial charge in [0.25, 0.3) is 0 Å². The van der Waals surface area contributed by atoms with E-state index in [1.165, 1.54) is 5.56 Å². The van der Waals surface area contributed by atoms with E-state index in [0.29, 0.717) is 6.61 Å². The summed E-state index contributed by atoms with van der Waals surface area (Å²) in [6, 6.07) is 24.6. The van der Waals surface area contributed by atoms with Gasteiger partial charge >= 0.3 is 0 Å². The van der Waals surface area contributed by atoms with E-state index in [9.17, 15) is 0 Å². The number of H-pyrrole nitrogens is 1. The van der Waals surface area contributed by atoms with Crippen LogP contribution in [0, 0.1) is 0 Å². The van der Waals surface area contributed by atoms with Crippen LogP contribution in [0.15, 0.2) is 85.2 Å². The monoisotopic (exact) mass is 365 g/mol. The first-order valence-electron chi connectivity index (χ1n) is 9.31. The number of nitrogens with one attached hydrogen (secondary N) is 1. The number of ether oxygens (including phenoxy) is 1. The number of rotatable bonds is 5. The molecule has 0 saturated carbocycles. The van der Waals surface area contributed by atoms with Gasteiger partial charge in [-0.05, 0) is 48.0 Å². The molecule has 0 unspecified atom stereocenters. The Bertz CT molecular complexity index is 1240. The highest BCUT2D eigenvalue weighted by molar-refractivity contribution is 5.82. The van der Waals surface area contributed by atoms with E-state index in [0.717, 1.165) is 45.4 Å². The van der Waals surface area contributed by atoms with Crippen molar-refractivity contribution in [3.63, 3.8) is 0 Å². The Labute approximate surface area is 162 Å². The molecule has 4 nitrogen and oxygen atoms in total. The standard InChI is InChI=1S/C24H19N3O/c1-2-6-23-18(5-1)7-8-20(26-23)16-28-22-9-10-24-19(14-22)13-21(27-24)12-17-4-3-11-25-15-17/h1-11,13-15,27H,12,16H2. The normalized spacial score (nSPS) is 11.1. The smallest absolute Gasteiger partial charge is 0.130 e. The minimum atomic E-state index is 0.448. The molecule has 1 N–H and O–H groups in total. The molecule has 0 aliphatic carbocycles. The summed E-state index contributed by atoms with van der Waals surface area (Å²) in [7, 11) is 0. The lowest BCUT2D eigenvalue weighted by Crippen LogP contribution is -1.98. The molecular formula is C24H19N3O. The molecule has 0 radical (unpaired) electrons. The number of para-hydroxylation sites is 1. The molecule has 3 heterocycles. The van der Waals surface area contributed by atoms with Gasteiger partial charge in [0.1, 0.15) is 12.4 Å². The van der Waals surface area contributed by atoms with Crippen LogP contribution >= 0.6 is 0 Å². The number of aromatic nitrogens is 3. The highest BCUT2D eigenvalue weighted by atomic mass is 16.5. The topological polar surface area (TPSA) is 50.8 Å². The van der Waals surface area contributed by atoms with E-state index in [1.54, 1.807) is 6.20 Å². The van der Waals surface area contributed by atoms with Crippen molar-refractivity contribution in [1.29, 1.82) is 0 Å². The van der Waals surface area contributed by atoms with E-state index in [2.05, 4.69) is 51.4 Å². The summed E-state index contributed by atoms with van der Waals surface area (Å²) >= 11 is 0. The van der Waals surface area contributed by atoms with Crippen molar-refractivity contribution in [1.82, 2.24) is 15.0 Å². The Hall–Kier alpha value is -3.66. The number of hydrogen-bond donors (Lipinski definition) is 1. The molecule has 0 amide bonds. The lowest BCUT2D eigenvalue weighted by molar-refractivity contribution is 0.302. The molecule has 4 heteroatoms. The number of hydrogen-bond acceptors (Lipinski definition) is 3. The summed E-state index contributed by atoms with van der Waals surface area (Å²) in [4.78, 5) is 12.3. The van der Waals surface area contributed by atoms with Crippen molar-refractivity contribution in [2.45, 2.75) is 13.0 Å². The molecule has 0 spiro atoms. The molecule has 2 aromatic carbocycles. The Morgan fingerprint density at radius 3 is 2.75 bits per heavy atom. The van der Waals surface area contributed by atoms with Crippen LogP contribution in [0.4, 0.5) is 0 Å². The summed E-state index contributed by atoms with van der Waals surface area (Å²) in [6.07, 6.45) is 4.53. The van der Waals surface area contributed by atoms with E-state index in [1.807, 2.05) is 42.6 Å². The third kappa shape index (κ3) is 3.45. The SMILES string of the molecule is c1cncc(Cc2cc3cc(OCc4ccc5ccccc5n4)ccc3[nH]2)c1. The number of fused-ring (bicyclic) bond motifs is 2. The Morgan fingerprint density at radius 2 is 1.82 bits per heavy atom. The highest BCUT2D eigenvalue weighted by Gasteiger charge is 2.05. The fourth-order valence-corrected chi connectivity index (χ4v) is 3.42. The summed E-state index contributed by atoms with van der Waals surface area (Å²) in [5, 5.41) is 2.28. The number of pyridine rings is 2. The fourth-order valence-electron chi connectivity index (χ4n) is 3.42. The zero-order valence-electron chi connectivity index (χ0n) is 15.3. The lowest BCUT2D eigenvalue weighted by Gasteiger charge is -2.07. The lowest BCUT2D eigenvalue weighted by atomic mass is 10.1. The maximum Gasteiger partial charge on any atom is 0.130 e. The van der Waals surface area contributed by atoms with Gasteiger partial charge in [0.05, 0.1) is 11.2 Å². The maximum atomic E-state index is 5.99. The Kier molecular flexibility index (Phi) is 4.22. The van der Waals surface area contributed by atoms with Crippen molar-refractivity contribution in [3.05, 3.63) is 102 Å². The molecule has 0 aliphatic rings. The first-order chi connectivity index (χ1) is 13.8. The van der Waals surface area contributed by atoms with Gasteiger partial charge in [0, 0.05) is 40.8 Å². The van der Waals surface area contributed by atoms with E-state index in [-0.39, 0.29) is 0 Å². The quantitative estimate of drug-likeness (QED) is 0.461. The third-order valence-electron chi connectivity index (χ3n) is 4.81. The third-order valence-corrected chi connectivity index (χ3v) is 4.81. The van der Waals surface area contributed by atoms with Crippen molar-refractivity contribution < 1.29 is 4.74 Å². The van der Waals surface area contributed by atoms with E-state index >= 15 is 0 Å². The van der Waals surface area contributed by atoms with Crippen LogP contribution in [0.3, 0.4) is 0 Å². The first kappa shape index (κ1) is 16.5. The highest BCUT2D eigenvalue weighted by Crippen LogP contribution is 2.23. The molecule has 0 saturated heterocycles. The first-order valence-corrected chi connectivity index (χ1v) is 9.31. The molecule has 5 rings (SSSR count). The van der Waals surface area contributed by atoms with Crippen LogP contribution in [0.5, 0.6) is 5.75 Å². The van der Waals surface area contributed by atoms with Crippen LogP contribution in [0.2, 0.25) is 0 Å². The predicted molar refractivity (Wildman–Crippen MR) is 111 cm³/mol. The number of aromatic amines is 1. The molecule has 0 aliphatic heterocycles. The molecule has 0 atom stereocenters. The van der Waals surface area contributed by atoms with Crippen molar-refractivity contribution in [2.24, 2.45) is 0 Å². The molecule has 0 bridgehead atoms. The van der Waals surface area contributed by atoms with Crippen molar-refractivity contribution >= 4 is 21.8 Å². The van der Waals surface area contributed by atoms with Gasteiger partial charge in [0.15, 0.2) is 0 Å². The largest absolute Gasteiger partial charge is 0.487 e. The van der Waals surface area contributed by atoms with Gasteiger partial charge in [-0.25, -0.2) is 4.98 Å². The van der Waals surface area contributed by atoms with Gasteiger partial charge in [0.2, 0.25) is 0 Å². The second-order valence-electron chi connectivity index (χ2n) is 6.87. The molecule has 28 heavy (non-hydrogen) atoms. The molecule has 136 valence electrons. The average Bonchev–Trinajstić information content (AvgIpc) is 3.14. The zero-order chi connectivity index (χ0) is 18.8. The van der Waals surface area contributed by atoms with Gasteiger partial charge in [-0.15, -0.1) is 0 Å². The predicted octanol–water partition coefficient (Wildman–Crippen LogP) is 5.28. The summed E-state index contributed by atoms with van der Waals surface area (Å²) in [5.74, 6) is 0.842. The van der Waals surface area contributed by atoms with Crippen molar-refractivity contribution in [3.8, 4) is 5.75 Å². The Balaban J connectivity index is 1.32. The summed E-state index contributed by atoms with van der Waals surface area (Å²) in [5.41, 5.74) is 5.37. The van der Waals surface area contributed by atoms with Gasteiger partial charge in [-0.3, -0.25) is 4.98 Å². The second kappa shape index (κ2) is 7.16. The Morgan fingerprint density at radius 1 is 0.857 bits per heavy atom. The number of nitrogens with zero attached hydrogens (tertiary/aromatic N) is 2. The summed E-state index contributed by atoms with van der Waals surface area (Å²) in [6.45, 7) is 0.448. The van der Waals surface area contributed by atoms with Gasteiger partial charge < -0.3 is 9.72 Å². The molecular weight excluding hydrogens is 346 g/mol. The molecule has 3 aromatic heterocycles. The molecule has 5 aromatic rings. The second-order valence-corrected chi connectivity index (χ2v) is 6.87. The minimum Gasteiger partial charge on any atom is -0.487 e. The van der Waals surface area contributed by atoms with Crippen LogP contribution in [-0.2, 0) is 13.0 Å². The minimum absolute atomic E-state index is 0.448. The van der Waals surface area contributed by atoms with Crippen LogP contribution < -0.4 is 4.74 Å². The van der Waals surface area contributed by atoms with Crippen LogP contribution in [-0.4, -0.2) is 15.0 Å². The van der Waals surface area contributed by atoms with Crippen molar-refractivity contribution in [2.75, 3.05) is 0 Å². The van der Waals surface area contributed by atoms with Gasteiger partial charge in [-0.1, -0.05) is 30.3 Å². The molecule has 0 fully saturated rings. The van der Waals surface area contributed by atoms with Gasteiger partial charge in [-0.2, -0.15) is 0 Å². The number of benzene rings is 2. The fraction of sp³-hybridized carbons (Fsp3) is 0.0833. The summed E-state index contributed by atoms with van der Waals surface area (Å²) < 4.78 is 5.99. The van der Waals surface area contributed by atoms with Crippen LogP contribution in [0.1, 0.15) is 17.0 Å². The van der Waals surface area contributed by atoms with Crippen LogP contribution in [0.25, 0.3) is 21.8 Å². The zero-order valence-corrected chi connectivity index (χ0v) is 15.3. The maximum absolute atomic E-state index is 5.99.